The van der Waals surface area contributed by atoms with Gasteiger partial charge in [-0.3, -0.25) is 4.79 Å². The minimum absolute atomic E-state index is 0.0230. The van der Waals surface area contributed by atoms with Crippen LogP contribution in [0.15, 0.2) is 48.5 Å². The first-order valence-corrected chi connectivity index (χ1v) is 6.96. The molecule has 4 nitrogen and oxygen atoms in total. The van der Waals surface area contributed by atoms with Gasteiger partial charge >= 0.3 is 0 Å². The van der Waals surface area contributed by atoms with Crippen LogP contribution < -0.4 is 14.8 Å². The van der Waals surface area contributed by atoms with Gasteiger partial charge in [0, 0.05) is 0 Å². The lowest BCUT2D eigenvalue weighted by Gasteiger charge is -2.08. The second-order valence-corrected chi connectivity index (χ2v) is 4.64. The Kier molecular flexibility index (Phi) is 5.77. The van der Waals surface area contributed by atoms with Gasteiger partial charge in [-0.1, -0.05) is 18.2 Å². The molecule has 0 radical (unpaired) electrons. The fourth-order valence-corrected chi connectivity index (χ4v) is 1.91. The zero-order valence-corrected chi connectivity index (χ0v) is 12.3. The number of hydrogen-bond acceptors (Lipinski definition) is 3. The zero-order chi connectivity index (χ0) is 15.8. The van der Waals surface area contributed by atoms with E-state index in [2.05, 4.69) is 5.32 Å². The molecule has 0 aliphatic heterocycles. The molecular weight excluding hydrogens is 285 g/mol. The summed E-state index contributed by atoms with van der Waals surface area (Å²) in [5.74, 6) is 0.852. The van der Waals surface area contributed by atoms with E-state index >= 15 is 0 Å². The van der Waals surface area contributed by atoms with Crippen molar-refractivity contribution in [3.05, 3.63) is 59.9 Å². The van der Waals surface area contributed by atoms with E-state index in [0.29, 0.717) is 24.5 Å². The Bertz CT molecular complexity index is 614. The summed E-state index contributed by atoms with van der Waals surface area (Å²) in [7, 11) is 1.60. The molecule has 0 aromatic heterocycles. The van der Waals surface area contributed by atoms with Crippen LogP contribution in [0.2, 0.25) is 0 Å². The third-order valence-corrected chi connectivity index (χ3v) is 3.06. The van der Waals surface area contributed by atoms with Crippen molar-refractivity contribution >= 4 is 5.91 Å². The predicted octanol–water partition coefficient (Wildman–Crippen LogP) is 2.57. The first kappa shape index (κ1) is 15.8. The van der Waals surface area contributed by atoms with E-state index in [1.807, 2.05) is 0 Å². The van der Waals surface area contributed by atoms with Crippen molar-refractivity contribution in [2.75, 3.05) is 20.3 Å². The molecule has 116 valence electrons. The molecule has 0 atom stereocenters. The third kappa shape index (κ3) is 4.77. The van der Waals surface area contributed by atoms with Crippen LogP contribution >= 0.6 is 0 Å². The van der Waals surface area contributed by atoms with Gasteiger partial charge in [0.25, 0.3) is 0 Å². The summed E-state index contributed by atoms with van der Waals surface area (Å²) in [5, 5.41) is 2.70. The number of rotatable bonds is 7. The molecule has 22 heavy (non-hydrogen) atoms. The maximum absolute atomic E-state index is 13.4. The monoisotopic (exact) mass is 303 g/mol. The molecule has 0 fully saturated rings. The van der Waals surface area contributed by atoms with Crippen LogP contribution in [-0.4, -0.2) is 26.2 Å². The van der Waals surface area contributed by atoms with Gasteiger partial charge in [0.2, 0.25) is 5.91 Å². The Hall–Kier alpha value is -2.56. The summed E-state index contributed by atoms with van der Waals surface area (Å²) in [6.45, 7) is 0.703. The standard InChI is InChI=1S/C17H18FNO3/c1-21-14-6-8-15(9-7-14)22-11-10-19-17(20)12-13-4-2-3-5-16(13)18/h2-9H,10-12H2,1H3,(H,19,20). The summed E-state index contributed by atoms with van der Waals surface area (Å²) in [6.07, 6.45) is 0.0230. The van der Waals surface area contributed by atoms with Crippen LogP contribution in [0.4, 0.5) is 4.39 Å². The molecule has 2 rings (SSSR count). The molecule has 0 aliphatic rings. The highest BCUT2D eigenvalue weighted by Crippen LogP contribution is 2.16. The first-order chi connectivity index (χ1) is 10.7. The van der Waals surface area contributed by atoms with Crippen molar-refractivity contribution in [2.24, 2.45) is 0 Å². The highest BCUT2D eigenvalue weighted by Gasteiger charge is 2.06. The molecule has 0 aliphatic carbocycles. The number of hydrogen-bond donors (Lipinski definition) is 1. The Labute approximate surface area is 128 Å². The Morgan fingerprint density at radius 1 is 1.09 bits per heavy atom. The van der Waals surface area contributed by atoms with Crippen LogP contribution in [0.25, 0.3) is 0 Å². The van der Waals surface area contributed by atoms with E-state index in [4.69, 9.17) is 9.47 Å². The first-order valence-electron chi connectivity index (χ1n) is 6.96. The van der Waals surface area contributed by atoms with Crippen LogP contribution in [0.3, 0.4) is 0 Å². The van der Waals surface area contributed by atoms with Crippen molar-refractivity contribution in [1.29, 1.82) is 0 Å². The van der Waals surface area contributed by atoms with Gasteiger partial charge in [0.15, 0.2) is 0 Å². The predicted molar refractivity (Wildman–Crippen MR) is 81.6 cm³/mol. The van der Waals surface area contributed by atoms with Crippen molar-refractivity contribution in [3.63, 3.8) is 0 Å². The van der Waals surface area contributed by atoms with Crippen molar-refractivity contribution in [3.8, 4) is 11.5 Å². The number of benzene rings is 2. The molecule has 0 heterocycles. The SMILES string of the molecule is COc1ccc(OCCNC(=O)Cc2ccccc2F)cc1. The molecule has 1 amide bonds. The second kappa shape index (κ2) is 8.02. The lowest BCUT2D eigenvalue weighted by molar-refractivity contribution is -0.120. The van der Waals surface area contributed by atoms with E-state index in [1.165, 1.54) is 6.07 Å². The molecule has 1 N–H and O–H groups in total. The van der Waals surface area contributed by atoms with Gasteiger partial charge in [-0.2, -0.15) is 0 Å². The molecular formula is C17H18FNO3. The highest BCUT2D eigenvalue weighted by atomic mass is 19.1. The summed E-state index contributed by atoms with van der Waals surface area (Å²) < 4.78 is 23.9. The second-order valence-electron chi connectivity index (χ2n) is 4.64. The van der Waals surface area contributed by atoms with Crippen LogP contribution in [0.1, 0.15) is 5.56 Å². The summed E-state index contributed by atoms with van der Waals surface area (Å²) in [4.78, 5) is 11.7. The minimum Gasteiger partial charge on any atom is -0.497 e. The van der Waals surface area contributed by atoms with Crippen molar-refractivity contribution in [2.45, 2.75) is 6.42 Å². The third-order valence-electron chi connectivity index (χ3n) is 3.06. The van der Waals surface area contributed by atoms with Gasteiger partial charge in [-0.05, 0) is 35.9 Å². The lowest BCUT2D eigenvalue weighted by Crippen LogP contribution is -2.29. The number of nitrogens with one attached hydrogen (secondary N) is 1. The largest absolute Gasteiger partial charge is 0.497 e. The summed E-state index contributed by atoms with van der Waals surface area (Å²) in [5.41, 5.74) is 0.385. The Morgan fingerprint density at radius 2 is 1.77 bits per heavy atom. The number of halogens is 1. The zero-order valence-electron chi connectivity index (χ0n) is 12.3. The number of ether oxygens (including phenoxy) is 2. The number of amides is 1. The van der Waals surface area contributed by atoms with Crippen LogP contribution in [-0.2, 0) is 11.2 Å². The quantitative estimate of drug-likeness (QED) is 0.800. The fourth-order valence-electron chi connectivity index (χ4n) is 1.91. The lowest BCUT2D eigenvalue weighted by atomic mass is 10.1. The maximum Gasteiger partial charge on any atom is 0.224 e. The Morgan fingerprint density at radius 3 is 2.45 bits per heavy atom. The molecule has 0 unspecified atom stereocenters. The topological polar surface area (TPSA) is 47.6 Å². The van der Waals surface area contributed by atoms with Crippen LogP contribution in [0.5, 0.6) is 11.5 Å². The van der Waals surface area contributed by atoms with E-state index < -0.39 is 0 Å². The number of carbonyl (C=O) groups excluding carboxylic acids is 1. The van der Waals surface area contributed by atoms with Crippen LogP contribution in [0, 0.1) is 5.82 Å². The molecule has 5 heteroatoms. The van der Waals surface area contributed by atoms with Gasteiger partial charge in [-0.15, -0.1) is 0 Å². The summed E-state index contributed by atoms with van der Waals surface area (Å²) >= 11 is 0. The average molecular weight is 303 g/mol. The molecule has 0 bridgehead atoms. The van der Waals surface area contributed by atoms with E-state index in [0.717, 1.165) is 5.75 Å². The molecule has 2 aromatic rings. The fraction of sp³-hybridized carbons (Fsp3) is 0.235. The van der Waals surface area contributed by atoms with Crippen molar-refractivity contribution in [1.82, 2.24) is 5.32 Å². The van der Waals surface area contributed by atoms with Gasteiger partial charge in [0.05, 0.1) is 20.1 Å². The number of carbonyl (C=O) groups is 1. The molecule has 0 spiro atoms. The van der Waals surface area contributed by atoms with Gasteiger partial charge < -0.3 is 14.8 Å². The van der Waals surface area contributed by atoms with E-state index in [-0.39, 0.29) is 18.1 Å². The summed E-state index contributed by atoms with van der Waals surface area (Å²) in [6, 6.07) is 13.4. The maximum atomic E-state index is 13.4. The normalized spacial score (nSPS) is 10.1. The smallest absolute Gasteiger partial charge is 0.224 e. The van der Waals surface area contributed by atoms with Gasteiger partial charge in [0.1, 0.15) is 23.9 Å². The van der Waals surface area contributed by atoms with E-state index in [9.17, 15) is 9.18 Å². The van der Waals surface area contributed by atoms with Crippen molar-refractivity contribution < 1.29 is 18.7 Å². The highest BCUT2D eigenvalue weighted by molar-refractivity contribution is 5.78. The minimum atomic E-state index is -0.368. The average Bonchev–Trinajstić information content (AvgIpc) is 2.54. The Balaban J connectivity index is 1.69. The molecule has 2 aromatic carbocycles. The van der Waals surface area contributed by atoms with E-state index in [1.54, 1.807) is 49.6 Å². The van der Waals surface area contributed by atoms with Gasteiger partial charge in [-0.25, -0.2) is 4.39 Å². The number of methoxy groups -OCH3 is 1. The molecule has 0 saturated carbocycles. The molecule has 0 saturated heterocycles.